The number of rotatable bonds is 11. The molecule has 4 rings (SSSR count). The van der Waals surface area contributed by atoms with E-state index in [1.807, 2.05) is 92.7 Å². The Bertz CT molecular complexity index is 1250. The number of ether oxygens (including phenoxy) is 1. The molecule has 0 aromatic heterocycles. The zero-order valence-electron chi connectivity index (χ0n) is 21.4. The molecule has 0 aliphatic carbocycles. The van der Waals surface area contributed by atoms with E-state index in [-0.39, 0.29) is 13.2 Å². The lowest BCUT2D eigenvalue weighted by Gasteiger charge is -2.32. The van der Waals surface area contributed by atoms with Crippen LogP contribution in [-0.4, -0.2) is 20.3 Å². The molecule has 0 N–H and O–H groups in total. The third kappa shape index (κ3) is 5.81. The summed E-state index contributed by atoms with van der Waals surface area (Å²) in [5, 5.41) is 3.18. The molecule has 0 saturated heterocycles. The van der Waals surface area contributed by atoms with E-state index in [9.17, 15) is 4.57 Å². The molecule has 0 amide bonds. The summed E-state index contributed by atoms with van der Waals surface area (Å²) in [5.41, 5.74) is 0.748. The van der Waals surface area contributed by atoms with Crippen LogP contribution in [0.2, 0.25) is 0 Å². The summed E-state index contributed by atoms with van der Waals surface area (Å²) >= 11 is 0. The minimum atomic E-state index is -3.71. The molecule has 0 fully saturated rings. The van der Waals surface area contributed by atoms with Crippen molar-refractivity contribution in [2.45, 2.75) is 19.6 Å². The average Bonchev–Trinajstić information content (AvgIpc) is 2.95. The Hall–Kier alpha value is -2.94. The van der Waals surface area contributed by atoms with Gasteiger partial charge in [0.1, 0.15) is 5.75 Å². The Balaban J connectivity index is 2.14. The Morgan fingerprint density at radius 1 is 0.649 bits per heavy atom. The molecule has 0 saturated carbocycles. The second kappa shape index (κ2) is 12.5. The van der Waals surface area contributed by atoms with Crippen molar-refractivity contribution in [3.8, 4) is 5.75 Å². The number of nitrogens with zero attached hydrogens (tertiary/aromatic N) is 1. The lowest BCUT2D eigenvalue weighted by atomic mass is 10.2. The number of methoxy groups -OCH3 is 1. The molecule has 0 heterocycles. The first kappa shape index (κ1) is 27.1. The fraction of sp³-hybridized carbons (Fsp3) is 0.200. The minimum Gasteiger partial charge on any atom is -0.497 e. The smallest absolute Gasteiger partial charge is 0.359 e. The highest BCUT2D eigenvalue weighted by atomic mass is 31.2. The van der Waals surface area contributed by atoms with E-state index in [1.165, 1.54) is 0 Å². The van der Waals surface area contributed by atoms with Crippen molar-refractivity contribution in [2.75, 3.05) is 20.3 Å². The molecule has 5 nitrogen and oxygen atoms in total. The van der Waals surface area contributed by atoms with Gasteiger partial charge in [-0.2, -0.15) is 0 Å². The van der Waals surface area contributed by atoms with Gasteiger partial charge in [-0.05, 0) is 31.5 Å². The van der Waals surface area contributed by atoms with Crippen LogP contribution in [-0.2, 0) is 13.6 Å². The van der Waals surface area contributed by atoms with Crippen LogP contribution < -0.4 is 20.7 Å². The highest BCUT2D eigenvalue weighted by Gasteiger charge is 2.40. The van der Waals surface area contributed by atoms with Crippen LogP contribution in [0.1, 0.15) is 25.2 Å². The molecule has 0 aliphatic heterocycles. The molecular weight excluding hydrogens is 500 g/mol. The first-order valence-electron chi connectivity index (χ1n) is 12.4. The molecule has 0 bridgehead atoms. The van der Waals surface area contributed by atoms with Crippen molar-refractivity contribution in [1.29, 1.82) is 0 Å². The van der Waals surface area contributed by atoms with Crippen molar-refractivity contribution in [3.05, 3.63) is 121 Å². The van der Waals surface area contributed by atoms with Gasteiger partial charge in [0.05, 0.1) is 27.4 Å². The maximum Gasteiger partial charge on any atom is 0.359 e. The number of hydrogen-bond donors (Lipinski definition) is 0. The normalized spacial score (nSPS) is 12.6. The Morgan fingerprint density at radius 2 is 1.05 bits per heavy atom. The van der Waals surface area contributed by atoms with Gasteiger partial charge in [-0.15, -0.1) is 0 Å². The predicted octanol–water partition coefficient (Wildman–Crippen LogP) is 7.14. The summed E-state index contributed by atoms with van der Waals surface area (Å²) in [6, 6.07) is 38.3. The van der Waals surface area contributed by atoms with Gasteiger partial charge in [0.15, 0.2) is 5.78 Å². The molecular formula is C30H33NO4P2. The SMILES string of the molecule is CCOP(=O)(OCC)C(N=P(c1ccccc1)(c1ccccc1)c1ccccc1)c1ccc(OC)cc1. The van der Waals surface area contributed by atoms with E-state index in [1.54, 1.807) is 7.11 Å². The molecule has 4 aromatic rings. The number of hydrogen-bond acceptors (Lipinski definition) is 5. The largest absolute Gasteiger partial charge is 0.497 e. The van der Waals surface area contributed by atoms with Crippen molar-refractivity contribution in [3.63, 3.8) is 0 Å². The van der Waals surface area contributed by atoms with Crippen molar-refractivity contribution in [2.24, 2.45) is 4.74 Å². The fourth-order valence-corrected chi connectivity index (χ4v) is 10.5. The van der Waals surface area contributed by atoms with E-state index < -0.39 is 20.4 Å². The van der Waals surface area contributed by atoms with Gasteiger partial charge in [0, 0.05) is 15.9 Å². The van der Waals surface area contributed by atoms with Gasteiger partial charge in [-0.1, -0.05) is 103 Å². The molecule has 1 unspecified atom stereocenters. The lowest BCUT2D eigenvalue weighted by Crippen LogP contribution is -2.26. The van der Waals surface area contributed by atoms with Gasteiger partial charge >= 0.3 is 7.60 Å². The van der Waals surface area contributed by atoms with Gasteiger partial charge in [0.2, 0.25) is 0 Å². The van der Waals surface area contributed by atoms with Crippen molar-refractivity contribution < 1.29 is 18.3 Å². The molecule has 1 atom stereocenters. The summed E-state index contributed by atoms with van der Waals surface area (Å²) < 4.78 is 37.3. The predicted molar refractivity (Wildman–Crippen MR) is 154 cm³/mol. The second-order valence-electron chi connectivity index (χ2n) is 8.28. The summed E-state index contributed by atoms with van der Waals surface area (Å²) in [6.45, 7) is 4.13. The fourth-order valence-electron chi connectivity index (χ4n) is 4.37. The molecule has 0 aliphatic rings. The summed E-state index contributed by atoms with van der Waals surface area (Å²) in [6.07, 6.45) is 0. The first-order chi connectivity index (χ1) is 18.1. The molecule has 192 valence electrons. The van der Waals surface area contributed by atoms with Crippen LogP contribution in [0, 0.1) is 0 Å². The Morgan fingerprint density at radius 3 is 1.41 bits per heavy atom. The maximum atomic E-state index is 14.5. The van der Waals surface area contributed by atoms with E-state index in [4.69, 9.17) is 18.5 Å². The van der Waals surface area contributed by atoms with Crippen LogP contribution in [0.3, 0.4) is 0 Å². The quantitative estimate of drug-likeness (QED) is 0.192. The molecule has 0 radical (unpaired) electrons. The Labute approximate surface area is 220 Å². The van der Waals surface area contributed by atoms with Crippen LogP contribution in [0.15, 0.2) is 120 Å². The molecule has 7 heteroatoms. The second-order valence-corrected chi connectivity index (χ2v) is 13.4. The third-order valence-electron chi connectivity index (χ3n) is 6.00. The molecule has 37 heavy (non-hydrogen) atoms. The molecule has 4 aromatic carbocycles. The topological polar surface area (TPSA) is 57.1 Å². The number of benzene rings is 4. The highest BCUT2D eigenvalue weighted by molar-refractivity contribution is 7.87. The van der Waals surface area contributed by atoms with E-state index in [0.717, 1.165) is 21.5 Å². The minimum absolute atomic E-state index is 0.243. The summed E-state index contributed by atoms with van der Waals surface area (Å²) in [4.78, 5) is 0. The summed E-state index contributed by atoms with van der Waals surface area (Å²) in [5.74, 6) is -0.146. The van der Waals surface area contributed by atoms with E-state index in [0.29, 0.717) is 5.75 Å². The van der Waals surface area contributed by atoms with Crippen LogP contribution in [0.4, 0.5) is 0 Å². The van der Waals surface area contributed by atoms with Crippen LogP contribution in [0.25, 0.3) is 0 Å². The summed E-state index contributed by atoms with van der Waals surface area (Å²) in [7, 11) is -4.76. The Kier molecular flexibility index (Phi) is 9.18. The zero-order chi connectivity index (χ0) is 26.1. The standard InChI is InChI=1S/C30H33NO4P2/c1-4-34-37(32,35-5-2)30(25-21-23-26(33-3)24-22-25)31-36(27-15-9-6-10-16-27,28-17-11-7-12-18-28)29-19-13-8-14-20-29/h6-24,30H,4-5H2,1-3H3. The van der Waals surface area contributed by atoms with Gasteiger partial charge in [-0.3, -0.25) is 9.31 Å². The average molecular weight is 534 g/mol. The van der Waals surface area contributed by atoms with Crippen LogP contribution in [0.5, 0.6) is 5.75 Å². The van der Waals surface area contributed by atoms with E-state index in [2.05, 4.69) is 36.4 Å². The highest BCUT2D eigenvalue weighted by Crippen LogP contribution is 2.65. The first-order valence-corrected chi connectivity index (χ1v) is 15.7. The lowest BCUT2D eigenvalue weighted by molar-refractivity contribution is 0.212. The van der Waals surface area contributed by atoms with Gasteiger partial charge in [0.25, 0.3) is 0 Å². The van der Waals surface area contributed by atoms with Crippen LogP contribution >= 0.6 is 14.7 Å². The zero-order valence-corrected chi connectivity index (χ0v) is 23.2. The maximum absolute atomic E-state index is 14.5. The third-order valence-corrected chi connectivity index (χ3v) is 12.1. The molecule has 0 spiro atoms. The van der Waals surface area contributed by atoms with Gasteiger partial charge in [-0.25, -0.2) is 0 Å². The van der Waals surface area contributed by atoms with Crippen molar-refractivity contribution >= 4 is 30.6 Å². The monoisotopic (exact) mass is 533 g/mol. The van der Waals surface area contributed by atoms with E-state index >= 15 is 0 Å². The van der Waals surface area contributed by atoms with Gasteiger partial charge < -0.3 is 13.8 Å². The van der Waals surface area contributed by atoms with Crippen molar-refractivity contribution in [1.82, 2.24) is 0 Å².